The number of ketones is 1. The Balaban J connectivity index is 1.93. The number of rotatable bonds is 5. The molecular formula is C21H22N2O3. The van der Waals surface area contributed by atoms with E-state index < -0.39 is 11.8 Å². The van der Waals surface area contributed by atoms with E-state index in [-0.39, 0.29) is 6.61 Å². The number of nitrogens with zero attached hydrogens (tertiary/aromatic N) is 2. The van der Waals surface area contributed by atoms with Gasteiger partial charge in [-0.3, -0.25) is 9.48 Å². The van der Waals surface area contributed by atoms with E-state index >= 15 is 0 Å². The fraction of sp³-hybridized carbons (Fsp3) is 0.286. The lowest BCUT2D eigenvalue weighted by Crippen LogP contribution is -2.17. The summed E-state index contributed by atoms with van der Waals surface area (Å²) >= 11 is 0. The van der Waals surface area contributed by atoms with Gasteiger partial charge in [0.1, 0.15) is 0 Å². The van der Waals surface area contributed by atoms with Gasteiger partial charge >= 0.3 is 5.97 Å². The summed E-state index contributed by atoms with van der Waals surface area (Å²) in [5, 5.41) is 5.73. The fourth-order valence-corrected chi connectivity index (χ4v) is 3.00. The first-order valence-corrected chi connectivity index (χ1v) is 8.73. The Hall–Kier alpha value is -2.95. The van der Waals surface area contributed by atoms with Crippen LogP contribution in [0, 0.1) is 6.92 Å². The lowest BCUT2D eigenvalue weighted by atomic mass is 10.0. The van der Waals surface area contributed by atoms with Crippen molar-refractivity contribution in [3.63, 3.8) is 0 Å². The average Bonchev–Trinajstić information content (AvgIpc) is 2.98. The number of hydrogen-bond donors (Lipinski definition) is 0. The van der Waals surface area contributed by atoms with E-state index in [1.54, 1.807) is 19.1 Å². The van der Waals surface area contributed by atoms with Gasteiger partial charge in [0.2, 0.25) is 0 Å². The molecule has 0 aliphatic heterocycles. The number of benzene rings is 2. The first-order chi connectivity index (χ1) is 12.4. The Bertz CT molecular complexity index is 969. The van der Waals surface area contributed by atoms with E-state index in [1.165, 1.54) is 0 Å². The van der Waals surface area contributed by atoms with E-state index in [4.69, 9.17) is 4.74 Å². The van der Waals surface area contributed by atoms with Crippen molar-refractivity contribution in [2.24, 2.45) is 0 Å². The third-order valence-electron chi connectivity index (χ3n) is 4.32. The second-order valence-electron chi connectivity index (χ2n) is 6.48. The van der Waals surface area contributed by atoms with Crippen LogP contribution in [0.1, 0.15) is 42.9 Å². The van der Waals surface area contributed by atoms with Crippen molar-refractivity contribution in [2.75, 3.05) is 6.61 Å². The lowest BCUT2D eigenvalue weighted by molar-refractivity contribution is -0.137. The molecule has 0 aliphatic rings. The van der Waals surface area contributed by atoms with Crippen LogP contribution in [-0.2, 0) is 9.53 Å². The highest BCUT2D eigenvalue weighted by atomic mass is 16.5. The van der Waals surface area contributed by atoms with Gasteiger partial charge in [0, 0.05) is 17.0 Å². The zero-order valence-corrected chi connectivity index (χ0v) is 15.4. The van der Waals surface area contributed by atoms with Crippen LogP contribution in [0.5, 0.6) is 0 Å². The Morgan fingerprint density at radius 2 is 1.73 bits per heavy atom. The summed E-state index contributed by atoms with van der Waals surface area (Å²) in [5.74, 6) is -1.44. The Labute approximate surface area is 152 Å². The second kappa shape index (κ2) is 7.12. The summed E-state index contributed by atoms with van der Waals surface area (Å²) in [5.41, 5.74) is 4.44. The molecule has 0 spiro atoms. The molecule has 0 radical (unpaired) electrons. The van der Waals surface area contributed by atoms with Gasteiger partial charge < -0.3 is 4.74 Å². The molecule has 0 saturated carbocycles. The lowest BCUT2D eigenvalue weighted by Gasteiger charge is -2.08. The van der Waals surface area contributed by atoms with Crippen molar-refractivity contribution in [3.8, 4) is 11.1 Å². The molecule has 5 nitrogen and oxygen atoms in total. The first kappa shape index (κ1) is 17.9. The van der Waals surface area contributed by atoms with Gasteiger partial charge in [-0.1, -0.05) is 30.3 Å². The van der Waals surface area contributed by atoms with Crippen molar-refractivity contribution >= 4 is 22.7 Å². The van der Waals surface area contributed by atoms with Gasteiger partial charge in [0.25, 0.3) is 5.78 Å². The van der Waals surface area contributed by atoms with Crippen molar-refractivity contribution in [1.29, 1.82) is 0 Å². The third kappa shape index (κ3) is 3.25. The highest BCUT2D eigenvalue weighted by molar-refractivity contribution is 6.40. The van der Waals surface area contributed by atoms with Crippen molar-refractivity contribution < 1.29 is 14.3 Å². The molecule has 26 heavy (non-hydrogen) atoms. The van der Waals surface area contributed by atoms with Crippen molar-refractivity contribution in [2.45, 2.75) is 33.7 Å². The molecule has 1 heterocycles. The molecule has 0 fully saturated rings. The number of fused-ring (bicyclic) bond motifs is 1. The normalized spacial score (nSPS) is 11.1. The maximum atomic E-state index is 12.0. The number of hydrogen-bond acceptors (Lipinski definition) is 4. The Morgan fingerprint density at radius 3 is 2.35 bits per heavy atom. The van der Waals surface area contributed by atoms with Crippen LogP contribution in [0.15, 0.2) is 42.5 Å². The molecule has 0 saturated heterocycles. The summed E-state index contributed by atoms with van der Waals surface area (Å²) in [6, 6.07) is 13.5. The summed E-state index contributed by atoms with van der Waals surface area (Å²) in [4.78, 5) is 23.5. The topological polar surface area (TPSA) is 61.2 Å². The largest absolute Gasteiger partial charge is 0.460 e. The number of carbonyl (C=O) groups excluding carboxylic acids is 2. The number of aryl methyl sites for hydroxylation is 1. The summed E-state index contributed by atoms with van der Waals surface area (Å²) in [6.07, 6.45) is 0. The average molecular weight is 350 g/mol. The molecule has 2 aromatic carbocycles. The van der Waals surface area contributed by atoms with Gasteiger partial charge in [0.15, 0.2) is 0 Å². The van der Waals surface area contributed by atoms with Crippen LogP contribution in [0.25, 0.3) is 22.0 Å². The fourth-order valence-electron chi connectivity index (χ4n) is 3.00. The summed E-state index contributed by atoms with van der Waals surface area (Å²) in [7, 11) is 0. The van der Waals surface area contributed by atoms with Crippen LogP contribution in [0.3, 0.4) is 0 Å². The molecule has 0 amide bonds. The minimum absolute atomic E-state index is 0.187. The molecule has 134 valence electrons. The van der Waals surface area contributed by atoms with E-state index in [0.717, 1.165) is 27.7 Å². The van der Waals surface area contributed by atoms with E-state index in [2.05, 4.69) is 31.1 Å². The highest BCUT2D eigenvalue weighted by Gasteiger charge is 2.17. The zero-order chi connectivity index (χ0) is 18.8. The summed E-state index contributed by atoms with van der Waals surface area (Å²) in [6.45, 7) is 8.09. The van der Waals surface area contributed by atoms with Gasteiger partial charge in [-0.2, -0.15) is 5.10 Å². The van der Waals surface area contributed by atoms with Crippen LogP contribution < -0.4 is 0 Å². The molecule has 1 aromatic heterocycles. The maximum absolute atomic E-state index is 12.0. The number of esters is 1. The van der Waals surface area contributed by atoms with Crippen molar-refractivity contribution in [1.82, 2.24) is 9.78 Å². The monoisotopic (exact) mass is 350 g/mol. The van der Waals surface area contributed by atoms with Gasteiger partial charge in [-0.25, -0.2) is 4.79 Å². The molecule has 0 unspecified atom stereocenters. The molecule has 0 atom stereocenters. The molecule has 0 N–H and O–H groups in total. The third-order valence-corrected chi connectivity index (χ3v) is 4.32. The van der Waals surface area contributed by atoms with Crippen LogP contribution in [-0.4, -0.2) is 28.1 Å². The predicted octanol–water partition coefficient (Wildman–Crippen LogP) is 4.34. The van der Waals surface area contributed by atoms with Crippen LogP contribution in [0.2, 0.25) is 0 Å². The standard InChI is InChI=1S/C21H22N2O3/c1-5-26-21(25)20(24)16-8-6-15(7-9-16)17-10-11-19-18(12-17)14(4)22-23(19)13(2)3/h6-13H,5H2,1-4H3. The maximum Gasteiger partial charge on any atom is 0.379 e. The second-order valence-corrected chi connectivity index (χ2v) is 6.48. The van der Waals surface area contributed by atoms with Gasteiger partial charge in [-0.15, -0.1) is 0 Å². The Morgan fingerprint density at radius 1 is 1.08 bits per heavy atom. The SMILES string of the molecule is CCOC(=O)C(=O)c1ccc(-c2ccc3c(c2)c(C)nn3C(C)C)cc1. The smallest absolute Gasteiger partial charge is 0.379 e. The number of Topliss-reactive ketones (excluding diaryl/α,β-unsaturated/α-hetero) is 1. The number of ether oxygens (including phenoxy) is 1. The minimum Gasteiger partial charge on any atom is -0.460 e. The predicted molar refractivity (Wildman–Crippen MR) is 101 cm³/mol. The minimum atomic E-state index is -0.821. The number of carbonyl (C=O) groups is 2. The Kier molecular flexibility index (Phi) is 4.89. The molecule has 0 bridgehead atoms. The molecule has 3 rings (SSSR count). The molecular weight excluding hydrogens is 328 g/mol. The molecule has 3 aromatic rings. The van der Waals surface area contributed by atoms with Gasteiger partial charge in [-0.05, 0) is 51.0 Å². The zero-order valence-electron chi connectivity index (χ0n) is 15.4. The summed E-state index contributed by atoms with van der Waals surface area (Å²) < 4.78 is 6.78. The van der Waals surface area contributed by atoms with E-state index in [0.29, 0.717) is 11.6 Å². The molecule has 5 heteroatoms. The van der Waals surface area contributed by atoms with Crippen LogP contribution in [0.4, 0.5) is 0 Å². The first-order valence-electron chi connectivity index (χ1n) is 8.73. The van der Waals surface area contributed by atoms with E-state index in [1.807, 2.05) is 29.8 Å². The van der Waals surface area contributed by atoms with E-state index in [9.17, 15) is 9.59 Å². The number of aromatic nitrogens is 2. The highest BCUT2D eigenvalue weighted by Crippen LogP contribution is 2.28. The van der Waals surface area contributed by atoms with Gasteiger partial charge in [0.05, 0.1) is 17.8 Å². The molecule has 0 aliphatic carbocycles. The quantitative estimate of drug-likeness (QED) is 0.390. The van der Waals surface area contributed by atoms with Crippen LogP contribution >= 0.6 is 0 Å². The van der Waals surface area contributed by atoms with Crippen molar-refractivity contribution in [3.05, 3.63) is 53.7 Å².